The molecule has 0 spiro atoms. The lowest BCUT2D eigenvalue weighted by atomic mass is 10.1. The lowest BCUT2D eigenvalue weighted by molar-refractivity contribution is -0.910. The van der Waals surface area contributed by atoms with Crippen molar-refractivity contribution in [3.8, 4) is 6.07 Å². The Bertz CT molecular complexity index is 793. The molecule has 1 unspecified atom stereocenters. The van der Waals surface area contributed by atoms with Gasteiger partial charge in [-0.1, -0.05) is 11.6 Å². The fraction of sp³-hybridized carbons (Fsp3) is 0.333. The molecule has 6 heteroatoms. The van der Waals surface area contributed by atoms with E-state index in [0.717, 1.165) is 19.4 Å². The second-order valence-electron chi connectivity index (χ2n) is 6.17. The van der Waals surface area contributed by atoms with Gasteiger partial charge in [-0.25, -0.2) is 0 Å². The van der Waals surface area contributed by atoms with Crippen LogP contribution in [0.3, 0.4) is 0 Å². The number of quaternary nitrogens is 1. The van der Waals surface area contributed by atoms with E-state index in [9.17, 15) is 4.79 Å². The lowest BCUT2D eigenvalue weighted by Gasteiger charge is -2.21. The summed E-state index contributed by atoms with van der Waals surface area (Å²) in [5.41, 5.74) is 2.16. The molecule has 0 aliphatic carbocycles. The van der Waals surface area contributed by atoms with Crippen molar-refractivity contribution < 1.29 is 9.69 Å². The van der Waals surface area contributed by atoms with Crippen LogP contribution >= 0.6 is 11.6 Å². The van der Waals surface area contributed by atoms with Crippen LogP contribution in [-0.4, -0.2) is 23.6 Å². The number of nitrogens with one attached hydrogen (secondary N) is 2. The number of benzene rings is 1. The zero-order valence-electron chi connectivity index (χ0n) is 13.6. The number of hydrogen-bond donors (Lipinski definition) is 2. The van der Waals surface area contributed by atoms with Crippen LogP contribution in [0.25, 0.3) is 0 Å². The summed E-state index contributed by atoms with van der Waals surface area (Å²) in [6, 6.07) is 11.5. The van der Waals surface area contributed by atoms with Crippen molar-refractivity contribution in [3.63, 3.8) is 0 Å². The summed E-state index contributed by atoms with van der Waals surface area (Å²) in [6.07, 6.45) is 4.23. The first-order valence-corrected chi connectivity index (χ1v) is 8.41. The van der Waals surface area contributed by atoms with E-state index in [4.69, 9.17) is 16.9 Å². The van der Waals surface area contributed by atoms with Crippen LogP contribution in [0.4, 0.5) is 5.69 Å². The minimum absolute atomic E-state index is 0.0927. The minimum atomic E-state index is -0.0927. The number of aromatic nitrogens is 1. The van der Waals surface area contributed by atoms with E-state index >= 15 is 0 Å². The predicted octanol–water partition coefficient (Wildman–Crippen LogP) is 1.91. The van der Waals surface area contributed by atoms with E-state index in [0.29, 0.717) is 28.9 Å². The Labute approximate surface area is 146 Å². The largest absolute Gasteiger partial charge is 0.350 e. The molecular formula is C18H20ClN4O+. The molecule has 3 rings (SSSR count). The number of nitrogens with zero attached hydrogens (tertiary/aromatic N) is 2. The number of carbonyl (C=O) groups excluding carboxylic acids is 1. The van der Waals surface area contributed by atoms with Gasteiger partial charge in [0.2, 0.25) is 0 Å². The van der Waals surface area contributed by atoms with Crippen molar-refractivity contribution in [2.75, 3.05) is 18.4 Å². The molecule has 2 aromatic rings. The highest BCUT2D eigenvalue weighted by atomic mass is 35.5. The Morgan fingerprint density at radius 3 is 3.04 bits per heavy atom. The molecular weight excluding hydrogens is 324 g/mol. The zero-order chi connectivity index (χ0) is 17.1. The summed E-state index contributed by atoms with van der Waals surface area (Å²) >= 11 is 5.97. The van der Waals surface area contributed by atoms with E-state index in [1.807, 2.05) is 19.3 Å². The van der Waals surface area contributed by atoms with Gasteiger partial charge in [0.25, 0.3) is 5.91 Å². The Kier molecular flexibility index (Phi) is 4.89. The Balaban J connectivity index is 1.70. The fourth-order valence-corrected chi connectivity index (χ4v) is 3.61. The van der Waals surface area contributed by atoms with Gasteiger partial charge < -0.3 is 14.8 Å². The normalized spacial score (nSPS) is 19.9. The second kappa shape index (κ2) is 7.08. The predicted molar refractivity (Wildman–Crippen MR) is 92.9 cm³/mol. The summed E-state index contributed by atoms with van der Waals surface area (Å²) in [5, 5.41) is 12.5. The van der Waals surface area contributed by atoms with E-state index in [1.165, 1.54) is 10.6 Å². The highest BCUT2D eigenvalue weighted by molar-refractivity contribution is 6.31. The third kappa shape index (κ3) is 3.45. The Hall–Kier alpha value is -2.29. The van der Waals surface area contributed by atoms with Crippen molar-refractivity contribution in [1.29, 1.82) is 5.26 Å². The second-order valence-corrected chi connectivity index (χ2v) is 6.61. The fourth-order valence-electron chi connectivity index (χ4n) is 3.43. The standard InChI is InChI=1S/C18H19ClN4O/c1-22-8-2-4-16(22)17-5-3-9-23(17)12-18(24)21-15-10-14(19)7-6-13(15)11-20/h2,4,6-8,10,17H,3,5,9,12H2,1H3,(H,21,24)/p+1/t17-/m0/s1. The molecule has 1 aromatic carbocycles. The number of aryl methyl sites for hydroxylation is 1. The molecule has 1 aliphatic rings. The van der Waals surface area contributed by atoms with Crippen molar-refractivity contribution >= 4 is 23.2 Å². The minimum Gasteiger partial charge on any atom is -0.350 e. The van der Waals surface area contributed by atoms with Gasteiger partial charge in [-0.05, 0) is 30.3 Å². The molecule has 1 fully saturated rings. The SMILES string of the molecule is Cn1cccc1[C@@H]1CCC[NH+]1CC(=O)Nc1cc(Cl)ccc1C#N. The maximum atomic E-state index is 12.5. The van der Waals surface area contributed by atoms with Crippen molar-refractivity contribution in [2.24, 2.45) is 7.05 Å². The summed E-state index contributed by atoms with van der Waals surface area (Å²) in [6.45, 7) is 1.36. The number of nitriles is 1. The molecule has 24 heavy (non-hydrogen) atoms. The summed E-state index contributed by atoms with van der Waals surface area (Å²) in [7, 11) is 2.04. The number of rotatable bonds is 4. The van der Waals surface area contributed by atoms with Gasteiger partial charge in [0.15, 0.2) is 6.54 Å². The lowest BCUT2D eigenvalue weighted by Crippen LogP contribution is -3.11. The molecule has 2 heterocycles. The molecule has 0 bridgehead atoms. The van der Waals surface area contributed by atoms with Gasteiger partial charge in [0.1, 0.15) is 12.1 Å². The van der Waals surface area contributed by atoms with E-state index in [-0.39, 0.29) is 5.91 Å². The van der Waals surface area contributed by atoms with Gasteiger partial charge in [-0.15, -0.1) is 0 Å². The van der Waals surface area contributed by atoms with Gasteiger partial charge >= 0.3 is 0 Å². The molecule has 0 saturated carbocycles. The summed E-state index contributed by atoms with van der Waals surface area (Å²) in [5.74, 6) is -0.0927. The molecule has 0 radical (unpaired) electrons. The topological polar surface area (TPSA) is 62.3 Å². The van der Waals surface area contributed by atoms with Gasteiger partial charge in [0.05, 0.1) is 23.5 Å². The van der Waals surface area contributed by atoms with Crippen LogP contribution in [0.5, 0.6) is 0 Å². The highest BCUT2D eigenvalue weighted by Gasteiger charge is 2.33. The first kappa shape index (κ1) is 16.6. The summed E-state index contributed by atoms with van der Waals surface area (Å²) in [4.78, 5) is 13.7. The van der Waals surface area contributed by atoms with Crippen LogP contribution < -0.4 is 10.2 Å². The molecule has 1 aromatic heterocycles. The molecule has 5 nitrogen and oxygen atoms in total. The number of amides is 1. The average Bonchev–Trinajstić information content (AvgIpc) is 3.16. The van der Waals surface area contributed by atoms with Crippen molar-refractivity contribution in [1.82, 2.24) is 4.57 Å². The van der Waals surface area contributed by atoms with Crippen molar-refractivity contribution in [2.45, 2.75) is 18.9 Å². The molecule has 1 aliphatic heterocycles. The van der Waals surface area contributed by atoms with Crippen LogP contribution in [-0.2, 0) is 11.8 Å². The first-order valence-electron chi connectivity index (χ1n) is 8.04. The highest BCUT2D eigenvalue weighted by Crippen LogP contribution is 2.21. The number of likely N-dealkylation sites (tertiary alicyclic amines) is 1. The number of carbonyl (C=O) groups is 1. The Morgan fingerprint density at radius 1 is 1.50 bits per heavy atom. The first-order chi connectivity index (χ1) is 11.6. The van der Waals surface area contributed by atoms with Crippen LogP contribution in [0.1, 0.15) is 30.1 Å². The van der Waals surface area contributed by atoms with Gasteiger partial charge in [-0.2, -0.15) is 5.26 Å². The third-order valence-electron chi connectivity index (χ3n) is 4.59. The summed E-state index contributed by atoms with van der Waals surface area (Å²) < 4.78 is 2.12. The zero-order valence-corrected chi connectivity index (χ0v) is 14.3. The van der Waals surface area contributed by atoms with E-state index in [2.05, 4.69) is 22.0 Å². The molecule has 2 atom stereocenters. The maximum Gasteiger partial charge on any atom is 0.279 e. The number of halogens is 1. The maximum absolute atomic E-state index is 12.5. The van der Waals surface area contributed by atoms with Crippen LogP contribution in [0.15, 0.2) is 36.5 Å². The molecule has 124 valence electrons. The molecule has 2 N–H and O–H groups in total. The van der Waals surface area contributed by atoms with Gasteiger partial charge in [-0.3, -0.25) is 4.79 Å². The average molecular weight is 344 g/mol. The third-order valence-corrected chi connectivity index (χ3v) is 4.82. The van der Waals surface area contributed by atoms with Gasteiger partial charge in [0, 0.05) is 31.1 Å². The quantitative estimate of drug-likeness (QED) is 0.890. The van der Waals surface area contributed by atoms with Crippen molar-refractivity contribution in [3.05, 3.63) is 52.8 Å². The number of anilines is 1. The Morgan fingerprint density at radius 2 is 2.33 bits per heavy atom. The molecule has 1 saturated heterocycles. The van der Waals surface area contributed by atoms with E-state index in [1.54, 1.807) is 18.2 Å². The number of hydrogen-bond acceptors (Lipinski definition) is 2. The van der Waals surface area contributed by atoms with E-state index < -0.39 is 0 Å². The molecule has 1 amide bonds. The van der Waals surface area contributed by atoms with Crippen LogP contribution in [0, 0.1) is 11.3 Å². The monoisotopic (exact) mass is 343 g/mol. The van der Waals surface area contributed by atoms with Crippen LogP contribution in [0.2, 0.25) is 5.02 Å². The smallest absolute Gasteiger partial charge is 0.279 e.